The number of aromatic nitrogens is 1. The van der Waals surface area contributed by atoms with Gasteiger partial charge in [0.05, 0.1) is 11.2 Å². The molecule has 0 spiro atoms. The fraction of sp³-hybridized carbons (Fsp3) is 0.421. The largest absolute Gasteiger partial charge is 0.445 e. The van der Waals surface area contributed by atoms with Crippen LogP contribution in [0.15, 0.2) is 36.5 Å². The first kappa shape index (κ1) is 18.4. The van der Waals surface area contributed by atoms with Crippen LogP contribution in [0.4, 0.5) is 4.79 Å². The predicted molar refractivity (Wildman–Crippen MR) is 100 cm³/mol. The molecule has 0 aliphatic carbocycles. The molecule has 0 unspecified atom stereocenters. The number of hydrogen-bond donors (Lipinski definition) is 1. The molecule has 1 aliphatic heterocycles. The van der Waals surface area contributed by atoms with Gasteiger partial charge in [-0.05, 0) is 31.2 Å². The van der Waals surface area contributed by atoms with Gasteiger partial charge in [0.2, 0.25) is 0 Å². The van der Waals surface area contributed by atoms with Gasteiger partial charge >= 0.3 is 6.09 Å². The van der Waals surface area contributed by atoms with E-state index in [-0.39, 0.29) is 12.0 Å². The van der Waals surface area contributed by atoms with Crippen molar-refractivity contribution >= 4 is 23.3 Å². The normalized spacial score (nSPS) is 14.9. The van der Waals surface area contributed by atoms with E-state index in [1.807, 2.05) is 37.3 Å². The van der Waals surface area contributed by atoms with Crippen LogP contribution >= 0.6 is 11.3 Å². The second kappa shape index (κ2) is 8.80. The summed E-state index contributed by atoms with van der Waals surface area (Å²) in [6, 6.07) is 9.66. The van der Waals surface area contributed by atoms with Crippen molar-refractivity contribution in [3.8, 4) is 0 Å². The Kier molecular flexibility index (Phi) is 6.22. The maximum Gasteiger partial charge on any atom is 0.410 e. The number of hydrogen-bond acceptors (Lipinski definition) is 5. The predicted octanol–water partition coefficient (Wildman–Crippen LogP) is 3.23. The smallest absolute Gasteiger partial charge is 0.410 e. The van der Waals surface area contributed by atoms with Crippen LogP contribution < -0.4 is 5.32 Å². The van der Waals surface area contributed by atoms with Crippen molar-refractivity contribution < 1.29 is 14.3 Å². The van der Waals surface area contributed by atoms with Crippen LogP contribution in [0.2, 0.25) is 0 Å². The minimum atomic E-state index is -0.267. The number of piperidine rings is 1. The summed E-state index contributed by atoms with van der Waals surface area (Å²) in [5.74, 6) is 0.312. The van der Waals surface area contributed by atoms with Gasteiger partial charge in [-0.1, -0.05) is 30.3 Å². The zero-order valence-electron chi connectivity index (χ0n) is 14.8. The topological polar surface area (TPSA) is 71.5 Å². The molecule has 0 atom stereocenters. The Morgan fingerprint density at radius 2 is 2.00 bits per heavy atom. The van der Waals surface area contributed by atoms with Crippen molar-refractivity contribution in [2.24, 2.45) is 5.92 Å². The Labute approximate surface area is 157 Å². The van der Waals surface area contributed by atoms with Crippen molar-refractivity contribution in [2.75, 3.05) is 19.6 Å². The number of likely N-dealkylation sites (tertiary alicyclic amines) is 1. The molecule has 138 valence electrons. The molecule has 1 saturated heterocycles. The van der Waals surface area contributed by atoms with Gasteiger partial charge in [-0.3, -0.25) is 4.79 Å². The lowest BCUT2D eigenvalue weighted by molar-refractivity contribution is 0.0801. The van der Waals surface area contributed by atoms with Gasteiger partial charge in [-0.2, -0.15) is 0 Å². The molecule has 1 aromatic heterocycles. The van der Waals surface area contributed by atoms with E-state index in [1.165, 1.54) is 11.3 Å². The van der Waals surface area contributed by atoms with E-state index >= 15 is 0 Å². The molecule has 3 rings (SSSR count). The van der Waals surface area contributed by atoms with Crippen molar-refractivity contribution in [3.63, 3.8) is 0 Å². The SMILES string of the molecule is Cc1ncc(C(=O)NCC2CCN(C(=O)OCc3ccccc3)CC2)s1. The van der Waals surface area contributed by atoms with Gasteiger partial charge in [0.25, 0.3) is 5.91 Å². The minimum absolute atomic E-state index is 0.0692. The highest BCUT2D eigenvalue weighted by molar-refractivity contribution is 7.13. The van der Waals surface area contributed by atoms with Gasteiger partial charge in [-0.25, -0.2) is 9.78 Å². The highest BCUT2D eigenvalue weighted by Gasteiger charge is 2.24. The number of benzene rings is 1. The van der Waals surface area contributed by atoms with Gasteiger partial charge in [0.15, 0.2) is 0 Å². The van der Waals surface area contributed by atoms with Crippen molar-refractivity contribution in [1.82, 2.24) is 15.2 Å². The third-order valence-corrected chi connectivity index (χ3v) is 5.39. The summed E-state index contributed by atoms with van der Waals surface area (Å²) in [7, 11) is 0. The first-order chi connectivity index (χ1) is 12.6. The van der Waals surface area contributed by atoms with E-state index in [4.69, 9.17) is 4.74 Å². The molecule has 6 nitrogen and oxygen atoms in total. The molecule has 1 N–H and O–H groups in total. The summed E-state index contributed by atoms with van der Waals surface area (Å²) in [6.07, 6.45) is 3.07. The zero-order valence-corrected chi connectivity index (χ0v) is 15.6. The lowest BCUT2D eigenvalue weighted by atomic mass is 9.97. The van der Waals surface area contributed by atoms with E-state index in [9.17, 15) is 9.59 Å². The Bertz CT molecular complexity index is 739. The molecule has 26 heavy (non-hydrogen) atoms. The molecule has 1 fully saturated rings. The second-order valence-corrected chi connectivity index (χ2v) is 7.66. The number of thiazole rings is 1. The van der Waals surface area contributed by atoms with Gasteiger partial charge in [0.1, 0.15) is 11.5 Å². The van der Waals surface area contributed by atoms with E-state index in [1.54, 1.807) is 11.1 Å². The lowest BCUT2D eigenvalue weighted by Crippen LogP contribution is -2.41. The monoisotopic (exact) mass is 373 g/mol. The van der Waals surface area contributed by atoms with Gasteiger partial charge in [-0.15, -0.1) is 11.3 Å². The van der Waals surface area contributed by atoms with E-state index in [2.05, 4.69) is 10.3 Å². The lowest BCUT2D eigenvalue weighted by Gasteiger charge is -2.31. The molecule has 7 heteroatoms. The average molecular weight is 373 g/mol. The number of carbonyl (C=O) groups excluding carboxylic acids is 2. The van der Waals surface area contributed by atoms with Crippen LogP contribution in [0.3, 0.4) is 0 Å². The highest BCUT2D eigenvalue weighted by Crippen LogP contribution is 2.18. The highest BCUT2D eigenvalue weighted by atomic mass is 32.1. The van der Waals surface area contributed by atoms with Crippen LogP contribution in [0.5, 0.6) is 0 Å². The summed E-state index contributed by atoms with van der Waals surface area (Å²) >= 11 is 1.40. The quantitative estimate of drug-likeness (QED) is 0.873. The van der Waals surface area contributed by atoms with E-state index in [0.29, 0.717) is 37.0 Å². The molecule has 1 aromatic carbocycles. The maximum absolute atomic E-state index is 12.2. The Morgan fingerprint density at radius 3 is 2.65 bits per heavy atom. The first-order valence-corrected chi connectivity index (χ1v) is 9.59. The summed E-state index contributed by atoms with van der Waals surface area (Å²) < 4.78 is 5.37. The maximum atomic E-state index is 12.2. The van der Waals surface area contributed by atoms with Gasteiger partial charge < -0.3 is 15.0 Å². The third kappa shape index (κ3) is 5.05. The van der Waals surface area contributed by atoms with Gasteiger partial charge in [0, 0.05) is 19.6 Å². The number of nitrogens with one attached hydrogen (secondary N) is 1. The van der Waals surface area contributed by atoms with Crippen molar-refractivity contribution in [3.05, 3.63) is 52.0 Å². The number of amides is 2. The molecule has 0 bridgehead atoms. The standard InChI is InChI=1S/C19H23N3O3S/c1-14-20-12-17(26-14)18(23)21-11-15-7-9-22(10-8-15)19(24)25-13-16-5-3-2-4-6-16/h2-6,12,15H,7-11,13H2,1H3,(H,21,23). The fourth-order valence-corrected chi connectivity index (χ4v) is 3.61. The Hall–Kier alpha value is -2.41. The summed E-state index contributed by atoms with van der Waals surface area (Å²) in [5, 5.41) is 3.86. The van der Waals surface area contributed by atoms with Crippen molar-refractivity contribution in [2.45, 2.75) is 26.4 Å². The van der Waals surface area contributed by atoms with Crippen molar-refractivity contribution in [1.29, 1.82) is 0 Å². The van der Waals surface area contributed by atoms with Crippen LogP contribution in [0, 0.1) is 12.8 Å². The number of rotatable bonds is 5. The molecular formula is C19H23N3O3S. The zero-order chi connectivity index (χ0) is 18.4. The fourth-order valence-electron chi connectivity index (χ4n) is 2.92. The molecule has 0 radical (unpaired) electrons. The number of carbonyl (C=O) groups is 2. The van der Waals surface area contributed by atoms with E-state index in [0.717, 1.165) is 23.4 Å². The number of ether oxygens (including phenoxy) is 1. The average Bonchev–Trinajstić information content (AvgIpc) is 3.12. The summed E-state index contributed by atoms with van der Waals surface area (Å²) in [4.78, 5) is 30.7. The molecule has 2 heterocycles. The summed E-state index contributed by atoms with van der Waals surface area (Å²) in [6.45, 7) is 4.13. The second-order valence-electron chi connectivity index (χ2n) is 6.42. The molecular weight excluding hydrogens is 350 g/mol. The molecule has 0 saturated carbocycles. The third-order valence-electron chi connectivity index (χ3n) is 4.47. The van der Waals surface area contributed by atoms with Crippen LogP contribution in [0.1, 0.15) is 33.1 Å². The Balaban J connectivity index is 1.37. The van der Waals surface area contributed by atoms with Crippen LogP contribution in [-0.2, 0) is 11.3 Å². The molecule has 2 aromatic rings. The molecule has 1 aliphatic rings. The molecule has 2 amide bonds. The van der Waals surface area contributed by atoms with Crippen LogP contribution in [0.25, 0.3) is 0 Å². The minimum Gasteiger partial charge on any atom is -0.445 e. The number of aryl methyl sites for hydroxylation is 1. The summed E-state index contributed by atoms with van der Waals surface area (Å²) in [5.41, 5.74) is 0.983. The first-order valence-electron chi connectivity index (χ1n) is 8.78. The Morgan fingerprint density at radius 1 is 1.27 bits per heavy atom. The van der Waals surface area contributed by atoms with Crippen LogP contribution in [-0.4, -0.2) is 41.5 Å². The van der Waals surface area contributed by atoms with E-state index < -0.39 is 0 Å². The number of nitrogens with zero attached hydrogens (tertiary/aromatic N) is 2.